The molecule has 0 aliphatic carbocycles. The van der Waals surface area contributed by atoms with E-state index < -0.39 is 87.6 Å². The second-order valence-electron chi connectivity index (χ2n) is 15.3. The van der Waals surface area contributed by atoms with E-state index in [1.54, 1.807) is 20.8 Å². The van der Waals surface area contributed by atoms with Gasteiger partial charge in [-0.1, -0.05) is 39.0 Å². The van der Waals surface area contributed by atoms with Crippen LogP contribution in [0.25, 0.3) is 11.1 Å². The van der Waals surface area contributed by atoms with Crippen molar-refractivity contribution in [1.82, 2.24) is 20.1 Å². The lowest BCUT2D eigenvalue weighted by Gasteiger charge is -2.41. The number of benzene rings is 1. The third-order valence-corrected chi connectivity index (χ3v) is 9.83. The standard InChI is InChI=1S/C39H53F4N5O9S/c1-24(35(52)53)45-34(51)30(46-37(56)57-17-18-58(5,6)7)14-16-48(32(50)23-49)33(38(2,3)4)31-19-25(28-20-26(40)12-13-29(28)41)21-47(31)22-27(44)11-9-8-10-15-39(42,43)36(54)55/h8-13,15,19-21,24,30,33,49H,14,16-18,22-23,44H2,1-7H3,(H,45,51)(H,46,56)(H,52,53)(H,54,55)/b9-8-,15-10+,27-11-/t24-,30+,33+/m1/s1. The van der Waals surface area contributed by atoms with E-state index in [2.05, 4.69) is 10.6 Å². The molecule has 19 heteroatoms. The van der Waals surface area contributed by atoms with Gasteiger partial charge in [0.05, 0.1) is 12.6 Å². The fourth-order valence-corrected chi connectivity index (χ4v) is 6.13. The van der Waals surface area contributed by atoms with Crippen LogP contribution < -0.4 is 16.4 Å². The highest BCUT2D eigenvalue weighted by molar-refractivity contribution is 8.32. The molecule has 2 rings (SSSR count). The fourth-order valence-electron chi connectivity index (χ4n) is 5.54. The van der Waals surface area contributed by atoms with E-state index in [1.807, 2.05) is 18.8 Å². The van der Waals surface area contributed by atoms with Crippen LogP contribution in [0.3, 0.4) is 0 Å². The normalized spacial score (nSPS) is 14.5. The van der Waals surface area contributed by atoms with Crippen LogP contribution in [0.15, 0.2) is 66.5 Å². The number of carbonyl (C=O) groups excluding carboxylic acids is 3. The number of carboxylic acids is 2. The monoisotopic (exact) mass is 843 g/mol. The van der Waals surface area contributed by atoms with Gasteiger partial charge in [0.1, 0.15) is 36.9 Å². The quantitative estimate of drug-likeness (QED) is 0.0793. The van der Waals surface area contributed by atoms with Crippen LogP contribution in [0.4, 0.5) is 22.4 Å². The Bertz CT molecular complexity index is 1890. The number of carbonyl (C=O) groups is 5. The van der Waals surface area contributed by atoms with E-state index in [-0.39, 0.29) is 49.0 Å². The minimum atomic E-state index is -4.10. The molecular weight excluding hydrogens is 791 g/mol. The van der Waals surface area contributed by atoms with Crippen molar-refractivity contribution in [2.24, 2.45) is 11.1 Å². The zero-order valence-corrected chi connectivity index (χ0v) is 34.2. The van der Waals surface area contributed by atoms with Gasteiger partial charge in [0.15, 0.2) is 0 Å². The first kappa shape index (κ1) is 48.8. The number of nitrogens with zero attached hydrogens (tertiary/aromatic N) is 2. The molecule has 1 aromatic carbocycles. The summed E-state index contributed by atoms with van der Waals surface area (Å²) in [5.41, 5.74) is 5.81. The number of alkyl halides is 2. The Morgan fingerprint density at radius 1 is 1.02 bits per heavy atom. The summed E-state index contributed by atoms with van der Waals surface area (Å²) in [7, 11) is -1.04. The zero-order chi connectivity index (χ0) is 44.2. The molecule has 0 saturated heterocycles. The summed E-state index contributed by atoms with van der Waals surface area (Å²) in [6.07, 6.45) is 10.9. The highest BCUT2D eigenvalue weighted by Crippen LogP contribution is 2.41. The van der Waals surface area contributed by atoms with E-state index in [4.69, 9.17) is 15.6 Å². The molecule has 0 unspecified atom stereocenters. The van der Waals surface area contributed by atoms with Crippen molar-refractivity contribution in [3.63, 3.8) is 0 Å². The maximum absolute atomic E-state index is 15.1. The lowest BCUT2D eigenvalue weighted by atomic mass is 9.82. The number of amides is 3. The molecular formula is C39H53F4N5O9S. The summed E-state index contributed by atoms with van der Waals surface area (Å²) >= 11 is 0. The maximum atomic E-state index is 15.1. The Morgan fingerprint density at radius 3 is 2.24 bits per heavy atom. The van der Waals surface area contributed by atoms with Crippen LogP contribution in [0.1, 0.15) is 45.9 Å². The molecule has 0 saturated carbocycles. The molecule has 58 heavy (non-hydrogen) atoms. The van der Waals surface area contributed by atoms with E-state index in [9.17, 15) is 47.4 Å². The first-order valence-corrected chi connectivity index (χ1v) is 20.9. The average molecular weight is 844 g/mol. The molecule has 0 bridgehead atoms. The van der Waals surface area contributed by atoms with Crippen molar-refractivity contribution in [2.75, 3.05) is 44.3 Å². The molecule has 7 N–H and O–H groups in total. The number of hydrogen-bond acceptors (Lipinski definition) is 8. The van der Waals surface area contributed by atoms with Gasteiger partial charge in [-0.3, -0.25) is 14.4 Å². The molecule has 0 radical (unpaired) electrons. The molecule has 0 fully saturated rings. The number of halogens is 4. The summed E-state index contributed by atoms with van der Waals surface area (Å²) in [4.78, 5) is 63.3. The Kier molecular flexibility index (Phi) is 17.6. The van der Waals surface area contributed by atoms with Crippen molar-refractivity contribution < 1.29 is 61.6 Å². The molecule has 0 aliphatic heterocycles. The molecule has 3 atom stereocenters. The fraction of sp³-hybridized carbons (Fsp3) is 0.462. The summed E-state index contributed by atoms with van der Waals surface area (Å²) in [6, 6.07) is 0.547. The molecule has 1 aromatic heterocycles. The van der Waals surface area contributed by atoms with E-state index in [1.165, 1.54) is 40.8 Å². The number of ether oxygens (including phenoxy) is 1. The van der Waals surface area contributed by atoms with Gasteiger partial charge in [-0.15, -0.1) is 0 Å². The lowest BCUT2D eigenvalue weighted by Crippen LogP contribution is -2.53. The maximum Gasteiger partial charge on any atom is 0.407 e. The molecule has 3 amide bonds. The average Bonchev–Trinajstić information content (AvgIpc) is 3.50. The van der Waals surface area contributed by atoms with Gasteiger partial charge < -0.3 is 45.9 Å². The smallest absolute Gasteiger partial charge is 0.407 e. The number of aliphatic hydroxyl groups excluding tert-OH is 1. The molecule has 0 spiro atoms. The van der Waals surface area contributed by atoms with E-state index in [0.717, 1.165) is 30.4 Å². The summed E-state index contributed by atoms with van der Waals surface area (Å²) in [5.74, 6) is -10.4. The topological polar surface area (TPSA) is 214 Å². The number of nitrogens with two attached hydrogens (primary N) is 1. The number of aliphatic carboxylic acids is 2. The van der Waals surface area contributed by atoms with E-state index in [0.29, 0.717) is 11.4 Å². The largest absolute Gasteiger partial charge is 0.480 e. The number of aliphatic hydroxyl groups is 1. The number of carboxylic acid groups (broad SMARTS) is 2. The number of rotatable bonds is 20. The first-order valence-electron chi connectivity index (χ1n) is 17.9. The third-order valence-electron chi connectivity index (χ3n) is 8.44. The second-order valence-corrected chi connectivity index (χ2v) is 19.9. The van der Waals surface area contributed by atoms with Gasteiger partial charge in [0.2, 0.25) is 11.8 Å². The molecule has 322 valence electrons. The van der Waals surface area contributed by atoms with Crippen molar-refractivity contribution >= 4 is 39.9 Å². The van der Waals surface area contributed by atoms with Gasteiger partial charge in [-0.05, 0) is 73.9 Å². The number of hydrogen-bond donors (Lipinski definition) is 6. The van der Waals surface area contributed by atoms with Gasteiger partial charge in [0, 0.05) is 41.0 Å². The van der Waals surface area contributed by atoms with E-state index >= 15 is 4.39 Å². The molecule has 14 nitrogen and oxygen atoms in total. The second kappa shape index (κ2) is 20.9. The molecule has 0 aliphatic rings. The highest BCUT2D eigenvalue weighted by Gasteiger charge is 2.38. The third kappa shape index (κ3) is 15.2. The van der Waals surface area contributed by atoms with Crippen molar-refractivity contribution in [1.29, 1.82) is 0 Å². The van der Waals surface area contributed by atoms with Crippen molar-refractivity contribution in [2.45, 2.75) is 64.7 Å². The van der Waals surface area contributed by atoms with Gasteiger partial charge in [-0.25, -0.2) is 28.4 Å². The number of nitrogens with one attached hydrogen (secondary N) is 2. The Hall–Kier alpha value is -5.30. The van der Waals surface area contributed by atoms with Crippen LogP contribution in [-0.4, -0.2) is 117 Å². The zero-order valence-electron chi connectivity index (χ0n) is 33.4. The predicted molar refractivity (Wildman–Crippen MR) is 212 cm³/mol. The molecule has 2 aromatic rings. The highest BCUT2D eigenvalue weighted by atomic mass is 32.3. The van der Waals surface area contributed by atoms with Crippen LogP contribution in [0, 0.1) is 17.0 Å². The summed E-state index contributed by atoms with van der Waals surface area (Å²) in [6.45, 7) is 5.03. The van der Waals surface area contributed by atoms with Crippen molar-refractivity contribution in [3.05, 3.63) is 83.9 Å². The van der Waals surface area contributed by atoms with Crippen LogP contribution in [0.5, 0.6) is 0 Å². The van der Waals surface area contributed by atoms with Gasteiger partial charge >= 0.3 is 24.0 Å². The lowest BCUT2D eigenvalue weighted by molar-refractivity contribution is -0.158. The Balaban J connectivity index is 2.67. The minimum Gasteiger partial charge on any atom is -0.480 e. The number of alkyl carbamates (subject to hydrolysis) is 1. The van der Waals surface area contributed by atoms with Crippen LogP contribution in [0.2, 0.25) is 0 Å². The summed E-state index contributed by atoms with van der Waals surface area (Å²) < 4.78 is 63.2. The molecule has 1 heterocycles. The number of aromatic nitrogens is 1. The predicted octanol–water partition coefficient (Wildman–Crippen LogP) is 4.78. The minimum absolute atomic E-state index is 0.0434. The SMILES string of the molecule is C[C@@H](NC(=O)[C@H](CCN(C(=O)CO)[C@@H](c1cc(-c2cc(F)ccc2F)cn1C/C(N)=C/C=C\C=C\C(F)(F)C(=O)O)C(C)(C)C)NC(=O)OCCS(C)(C)C)C(=O)O. The Morgan fingerprint density at radius 2 is 1.67 bits per heavy atom. The van der Waals surface area contributed by atoms with Crippen molar-refractivity contribution in [3.8, 4) is 11.1 Å². The van der Waals surface area contributed by atoms with Crippen LogP contribution in [-0.2, 0) is 30.5 Å². The van der Waals surface area contributed by atoms with Crippen LogP contribution >= 0.6 is 10.0 Å². The van der Waals surface area contributed by atoms with Gasteiger partial charge in [0.25, 0.3) is 0 Å². The number of allylic oxidation sites excluding steroid dienone is 5. The van der Waals surface area contributed by atoms with Gasteiger partial charge in [-0.2, -0.15) is 8.78 Å². The Labute approximate surface area is 336 Å². The summed E-state index contributed by atoms with van der Waals surface area (Å²) in [5, 5.41) is 32.9. The first-order chi connectivity index (χ1) is 26.8.